The highest BCUT2D eigenvalue weighted by molar-refractivity contribution is 5.69. The molecule has 0 aromatic heterocycles. The maximum Gasteiger partial charge on any atom is 0.415 e. The molecule has 0 fully saturated rings. The van der Waals surface area contributed by atoms with Gasteiger partial charge in [0.2, 0.25) is 0 Å². The van der Waals surface area contributed by atoms with Crippen molar-refractivity contribution in [1.82, 2.24) is 4.90 Å². The van der Waals surface area contributed by atoms with E-state index in [9.17, 15) is 4.79 Å². The van der Waals surface area contributed by atoms with Gasteiger partial charge in [0.1, 0.15) is 0 Å². The van der Waals surface area contributed by atoms with Crippen LogP contribution in [0.2, 0.25) is 0 Å². The molecule has 0 saturated carbocycles. The van der Waals surface area contributed by atoms with Crippen molar-refractivity contribution in [3.05, 3.63) is 37.6 Å². The number of ether oxygens (including phenoxy) is 1. The molecule has 0 aromatic carbocycles. The van der Waals surface area contributed by atoms with Crippen molar-refractivity contribution in [3.63, 3.8) is 0 Å². The quantitative estimate of drug-likeness (QED) is 0.481. The van der Waals surface area contributed by atoms with Crippen LogP contribution in [0.25, 0.3) is 0 Å². The normalized spacial score (nSPS) is 8.69. The maximum atomic E-state index is 11.3. The molecular weight excluding hydrogens is 166 g/mol. The first kappa shape index (κ1) is 11.5. The Kier molecular flexibility index (Phi) is 5.35. The van der Waals surface area contributed by atoms with Crippen LogP contribution in [0.4, 0.5) is 4.79 Å². The largest absolute Gasteiger partial charge is 0.416 e. The van der Waals surface area contributed by atoms with Gasteiger partial charge in [-0.3, -0.25) is 0 Å². The molecule has 0 rings (SSSR count). The lowest BCUT2D eigenvalue weighted by Crippen LogP contribution is -2.31. The van der Waals surface area contributed by atoms with Gasteiger partial charge in [-0.15, -0.1) is 13.2 Å². The van der Waals surface area contributed by atoms with Crippen LogP contribution >= 0.6 is 0 Å². The van der Waals surface area contributed by atoms with Crippen LogP contribution in [0, 0.1) is 0 Å². The number of carbonyl (C=O) groups is 1. The minimum absolute atomic E-state index is 0.378. The van der Waals surface area contributed by atoms with Crippen molar-refractivity contribution in [2.75, 3.05) is 13.1 Å². The molecule has 3 heteroatoms. The summed E-state index contributed by atoms with van der Waals surface area (Å²) in [6.07, 6.45) is 2.83. The zero-order valence-corrected chi connectivity index (χ0v) is 7.95. The number of nitrogens with zero attached hydrogens (tertiary/aromatic N) is 1. The second-order valence-corrected chi connectivity index (χ2v) is 2.55. The second-order valence-electron chi connectivity index (χ2n) is 2.55. The predicted molar refractivity (Wildman–Crippen MR) is 53.3 cm³/mol. The summed E-state index contributed by atoms with van der Waals surface area (Å²) in [6, 6.07) is 0. The minimum Gasteiger partial charge on any atom is -0.416 e. The van der Waals surface area contributed by atoms with E-state index in [0.29, 0.717) is 18.8 Å². The first-order valence-corrected chi connectivity index (χ1v) is 3.95. The first-order valence-electron chi connectivity index (χ1n) is 3.95. The van der Waals surface area contributed by atoms with E-state index < -0.39 is 6.09 Å². The summed E-state index contributed by atoms with van der Waals surface area (Å²) >= 11 is 0. The van der Waals surface area contributed by atoms with Gasteiger partial charge in [0.25, 0.3) is 0 Å². The van der Waals surface area contributed by atoms with Crippen molar-refractivity contribution in [1.29, 1.82) is 0 Å². The third kappa shape index (κ3) is 4.85. The number of carbonyl (C=O) groups excluding carboxylic acids is 1. The van der Waals surface area contributed by atoms with Gasteiger partial charge in [0.05, 0.1) is 5.76 Å². The number of rotatable bonds is 5. The maximum absolute atomic E-state index is 11.3. The van der Waals surface area contributed by atoms with Crippen LogP contribution < -0.4 is 0 Å². The Hall–Kier alpha value is -1.51. The summed E-state index contributed by atoms with van der Waals surface area (Å²) < 4.78 is 4.81. The van der Waals surface area contributed by atoms with E-state index >= 15 is 0 Å². The average molecular weight is 181 g/mol. The number of hydrogen-bond donors (Lipinski definition) is 0. The summed E-state index contributed by atoms with van der Waals surface area (Å²) in [5, 5.41) is 0. The molecule has 0 aliphatic carbocycles. The summed E-state index contributed by atoms with van der Waals surface area (Å²) in [5.41, 5.74) is 0. The number of hydrogen-bond acceptors (Lipinski definition) is 2. The average Bonchev–Trinajstić information content (AvgIpc) is 2.02. The molecule has 1 amide bonds. The Labute approximate surface area is 79.0 Å². The summed E-state index contributed by atoms with van der Waals surface area (Å²) in [6.45, 7) is 13.1. The fraction of sp³-hybridized carbons (Fsp3) is 0.300. The van der Waals surface area contributed by atoms with Gasteiger partial charge in [-0.05, 0) is 6.92 Å². The zero-order chi connectivity index (χ0) is 10.3. The zero-order valence-electron chi connectivity index (χ0n) is 7.95. The van der Waals surface area contributed by atoms with Crippen LogP contribution in [-0.2, 0) is 4.74 Å². The van der Waals surface area contributed by atoms with E-state index in [1.54, 1.807) is 19.1 Å². The monoisotopic (exact) mass is 181 g/mol. The van der Waals surface area contributed by atoms with E-state index in [1.807, 2.05) is 0 Å². The Morgan fingerprint density at radius 1 is 1.38 bits per heavy atom. The van der Waals surface area contributed by atoms with Gasteiger partial charge in [0.15, 0.2) is 0 Å². The van der Waals surface area contributed by atoms with Crippen LogP contribution in [0.3, 0.4) is 0 Å². The van der Waals surface area contributed by atoms with E-state index in [1.165, 1.54) is 4.90 Å². The smallest absolute Gasteiger partial charge is 0.415 e. The molecular formula is C10H15NO2. The summed E-state index contributed by atoms with van der Waals surface area (Å²) in [7, 11) is 0. The van der Waals surface area contributed by atoms with Gasteiger partial charge in [0, 0.05) is 13.1 Å². The topological polar surface area (TPSA) is 29.5 Å². The van der Waals surface area contributed by atoms with Crippen molar-refractivity contribution in [3.8, 4) is 0 Å². The molecule has 0 aromatic rings. The molecule has 0 spiro atoms. The van der Waals surface area contributed by atoms with E-state index in [2.05, 4.69) is 19.7 Å². The molecule has 72 valence electrons. The van der Waals surface area contributed by atoms with Crippen molar-refractivity contribution >= 4 is 6.09 Å². The fourth-order valence-corrected chi connectivity index (χ4v) is 0.749. The van der Waals surface area contributed by atoms with Gasteiger partial charge in [-0.25, -0.2) is 4.79 Å². The highest BCUT2D eigenvalue weighted by Gasteiger charge is 2.11. The first-order chi connectivity index (χ1) is 6.11. The van der Waals surface area contributed by atoms with E-state index in [0.717, 1.165) is 0 Å². The standard InChI is InChI=1S/C10H15NO2/c1-5-7-11(8-6-2)10(12)13-9(3)4/h5-6H,1-3,7-8H2,4H3. The Morgan fingerprint density at radius 2 is 1.85 bits per heavy atom. The van der Waals surface area contributed by atoms with Crippen molar-refractivity contribution in [2.45, 2.75) is 6.92 Å². The lowest BCUT2D eigenvalue weighted by Gasteiger charge is -2.18. The van der Waals surface area contributed by atoms with Gasteiger partial charge in [-0.2, -0.15) is 0 Å². The number of allylic oxidation sites excluding steroid dienone is 1. The molecule has 0 N–H and O–H groups in total. The molecule has 0 aliphatic heterocycles. The molecule has 13 heavy (non-hydrogen) atoms. The second kappa shape index (κ2) is 6.06. The van der Waals surface area contributed by atoms with Gasteiger partial charge < -0.3 is 9.64 Å². The lowest BCUT2D eigenvalue weighted by molar-refractivity contribution is 0.138. The SMILES string of the molecule is C=CCN(CC=C)C(=O)OC(=C)C. The molecule has 0 heterocycles. The Balaban J connectivity index is 4.17. The van der Waals surface area contributed by atoms with Crippen LogP contribution in [0.5, 0.6) is 0 Å². The Morgan fingerprint density at radius 3 is 2.15 bits per heavy atom. The van der Waals surface area contributed by atoms with Crippen LogP contribution in [-0.4, -0.2) is 24.1 Å². The fourth-order valence-electron chi connectivity index (χ4n) is 0.749. The van der Waals surface area contributed by atoms with Crippen LogP contribution in [0.15, 0.2) is 37.6 Å². The molecule has 0 saturated heterocycles. The van der Waals surface area contributed by atoms with Crippen LogP contribution in [0.1, 0.15) is 6.92 Å². The Bertz CT molecular complexity index is 211. The van der Waals surface area contributed by atoms with Gasteiger partial charge in [-0.1, -0.05) is 18.7 Å². The highest BCUT2D eigenvalue weighted by atomic mass is 16.6. The summed E-state index contributed by atoms with van der Waals surface area (Å²) in [5.74, 6) is 0.378. The van der Waals surface area contributed by atoms with Crippen molar-refractivity contribution in [2.24, 2.45) is 0 Å². The molecule has 3 nitrogen and oxygen atoms in total. The predicted octanol–water partition coefficient (Wildman–Crippen LogP) is 2.33. The summed E-state index contributed by atoms with van der Waals surface area (Å²) in [4.78, 5) is 12.7. The minimum atomic E-state index is -0.424. The molecule has 0 unspecified atom stereocenters. The highest BCUT2D eigenvalue weighted by Crippen LogP contribution is 1.99. The third-order valence-electron chi connectivity index (χ3n) is 1.22. The van der Waals surface area contributed by atoms with Gasteiger partial charge >= 0.3 is 6.09 Å². The molecule has 0 atom stereocenters. The van der Waals surface area contributed by atoms with E-state index in [-0.39, 0.29) is 0 Å². The molecule has 0 aliphatic rings. The third-order valence-corrected chi connectivity index (χ3v) is 1.22. The van der Waals surface area contributed by atoms with E-state index in [4.69, 9.17) is 4.74 Å². The lowest BCUT2D eigenvalue weighted by atomic mass is 10.5. The molecule has 0 bridgehead atoms. The molecule has 0 radical (unpaired) electrons. The van der Waals surface area contributed by atoms with Crippen molar-refractivity contribution < 1.29 is 9.53 Å². The number of amides is 1.